The summed E-state index contributed by atoms with van der Waals surface area (Å²) in [5, 5.41) is 3.76. The summed E-state index contributed by atoms with van der Waals surface area (Å²) < 4.78 is 43.6. The van der Waals surface area contributed by atoms with Crippen molar-refractivity contribution in [2.75, 3.05) is 26.6 Å². The molecule has 3 heterocycles. The average molecular weight is 446 g/mol. The molecule has 0 radical (unpaired) electrons. The molecule has 28 heavy (non-hydrogen) atoms. The van der Waals surface area contributed by atoms with Crippen molar-refractivity contribution in [2.24, 2.45) is 0 Å². The number of carbonyl (C=O) groups excluding carboxylic acids is 1. The van der Waals surface area contributed by atoms with Crippen LogP contribution in [0.5, 0.6) is 11.8 Å². The van der Waals surface area contributed by atoms with Gasteiger partial charge in [0.2, 0.25) is 17.7 Å². The Morgan fingerprint density at radius 1 is 1.18 bits per heavy atom. The second kappa shape index (κ2) is 8.17. The minimum absolute atomic E-state index is 0.0916. The number of fused-ring (bicyclic) bond motifs is 1. The zero-order valence-electron chi connectivity index (χ0n) is 14.7. The van der Waals surface area contributed by atoms with Crippen molar-refractivity contribution in [3.63, 3.8) is 0 Å². The Morgan fingerprint density at radius 2 is 1.86 bits per heavy atom. The smallest absolute Gasteiger partial charge is 0.335 e. The first-order valence-corrected chi connectivity index (χ1v) is 10.5. The number of carbonyl (C=O) groups is 1. The lowest BCUT2D eigenvalue weighted by atomic mass is 10.6. The van der Waals surface area contributed by atoms with Gasteiger partial charge in [-0.3, -0.25) is 9.72 Å². The quantitative estimate of drug-likeness (QED) is 0.510. The molecule has 2 amide bonds. The van der Waals surface area contributed by atoms with E-state index >= 15 is 0 Å². The topological polar surface area (TPSA) is 146 Å². The maximum absolute atomic E-state index is 12.8. The number of urea groups is 1. The van der Waals surface area contributed by atoms with Crippen LogP contribution in [0.3, 0.4) is 0 Å². The summed E-state index contributed by atoms with van der Waals surface area (Å²) in [6.07, 6.45) is 1.52. The van der Waals surface area contributed by atoms with E-state index in [1.54, 1.807) is 5.38 Å². The number of thiazole rings is 1. The molecule has 2 N–H and O–H groups in total. The average Bonchev–Trinajstić information content (AvgIpc) is 3.21. The minimum Gasteiger partial charge on any atom is -0.481 e. The van der Waals surface area contributed by atoms with Crippen LogP contribution in [0.1, 0.15) is 0 Å². The standard InChI is InChI=1S/C13H14N6O6S3/c1-23-7-6-8(24-2)15-11(14-7)17-12(20)18-28(21,22)10-9(27-25-3)16-13-19(10)4-5-26-13/h4-6H,1-3H3,(H2,14,15,17,18,20). The first-order chi connectivity index (χ1) is 13.4. The van der Waals surface area contributed by atoms with Gasteiger partial charge in [-0.15, -0.1) is 11.3 Å². The van der Waals surface area contributed by atoms with E-state index in [9.17, 15) is 13.2 Å². The van der Waals surface area contributed by atoms with Crippen LogP contribution < -0.4 is 19.5 Å². The lowest BCUT2D eigenvalue weighted by Crippen LogP contribution is -2.35. The number of methoxy groups -OCH3 is 2. The van der Waals surface area contributed by atoms with Crippen molar-refractivity contribution in [1.82, 2.24) is 24.1 Å². The van der Waals surface area contributed by atoms with Gasteiger partial charge in [-0.25, -0.2) is 14.5 Å². The maximum Gasteiger partial charge on any atom is 0.335 e. The summed E-state index contributed by atoms with van der Waals surface area (Å²) in [5.41, 5.74) is 0. The van der Waals surface area contributed by atoms with Crippen LogP contribution >= 0.6 is 23.4 Å². The molecule has 12 nitrogen and oxygen atoms in total. The van der Waals surface area contributed by atoms with E-state index in [0.717, 1.165) is 12.0 Å². The fourth-order valence-corrected chi connectivity index (χ4v) is 4.87. The molecule has 0 aliphatic heterocycles. The predicted molar refractivity (Wildman–Crippen MR) is 100 cm³/mol. The van der Waals surface area contributed by atoms with Crippen molar-refractivity contribution in [2.45, 2.75) is 10.1 Å². The predicted octanol–water partition coefficient (Wildman–Crippen LogP) is 1.37. The fourth-order valence-electron chi connectivity index (χ4n) is 2.09. The van der Waals surface area contributed by atoms with Gasteiger partial charge < -0.3 is 13.7 Å². The first-order valence-electron chi connectivity index (χ1n) is 7.35. The number of rotatable bonds is 7. The third kappa shape index (κ3) is 4.11. The highest BCUT2D eigenvalue weighted by molar-refractivity contribution is 7.96. The third-order valence-electron chi connectivity index (χ3n) is 3.16. The van der Waals surface area contributed by atoms with Gasteiger partial charge in [0.25, 0.3) is 10.0 Å². The number of nitrogens with zero attached hydrogens (tertiary/aromatic N) is 4. The molecule has 0 aliphatic carbocycles. The Balaban J connectivity index is 1.86. The van der Waals surface area contributed by atoms with Crippen molar-refractivity contribution >= 4 is 50.3 Å². The number of aromatic nitrogens is 4. The Kier molecular flexibility index (Phi) is 5.87. The zero-order valence-corrected chi connectivity index (χ0v) is 17.1. The second-order valence-electron chi connectivity index (χ2n) is 4.86. The van der Waals surface area contributed by atoms with Gasteiger partial charge >= 0.3 is 6.03 Å². The molecular weight excluding hydrogens is 432 g/mol. The summed E-state index contributed by atoms with van der Waals surface area (Å²) in [6.45, 7) is 0. The van der Waals surface area contributed by atoms with Crippen LogP contribution in [-0.2, 0) is 14.2 Å². The van der Waals surface area contributed by atoms with Crippen molar-refractivity contribution in [3.05, 3.63) is 17.6 Å². The zero-order chi connectivity index (χ0) is 20.3. The van der Waals surface area contributed by atoms with Gasteiger partial charge in [-0.2, -0.15) is 18.4 Å². The number of anilines is 1. The van der Waals surface area contributed by atoms with E-state index in [4.69, 9.17) is 13.7 Å². The van der Waals surface area contributed by atoms with Gasteiger partial charge in [-0.05, 0) is 0 Å². The lowest BCUT2D eigenvalue weighted by Gasteiger charge is -2.09. The number of hydrogen-bond donors (Lipinski definition) is 2. The summed E-state index contributed by atoms with van der Waals surface area (Å²) in [4.78, 5) is 24.6. The van der Waals surface area contributed by atoms with Crippen LogP contribution in [0.25, 0.3) is 4.96 Å². The SMILES string of the molecule is COSc1nc2sccn2c1S(=O)(=O)NC(=O)Nc1nc(OC)cc(OC)n1. The van der Waals surface area contributed by atoms with Crippen LogP contribution in [0.15, 0.2) is 27.7 Å². The molecule has 0 fully saturated rings. The highest BCUT2D eigenvalue weighted by Crippen LogP contribution is 2.29. The summed E-state index contributed by atoms with van der Waals surface area (Å²) in [7, 11) is -0.170. The van der Waals surface area contributed by atoms with E-state index in [2.05, 4.69) is 20.3 Å². The first kappa shape index (κ1) is 20.1. The Bertz CT molecular complexity index is 1090. The molecule has 0 aliphatic rings. The number of nitrogens with one attached hydrogen (secondary N) is 2. The lowest BCUT2D eigenvalue weighted by molar-refractivity contribution is 0.256. The van der Waals surface area contributed by atoms with Gasteiger partial charge in [-0.1, -0.05) is 0 Å². The van der Waals surface area contributed by atoms with Gasteiger partial charge in [0.1, 0.15) is 0 Å². The number of amides is 2. The molecule has 0 aromatic carbocycles. The number of hydrogen-bond acceptors (Lipinski definition) is 11. The number of ether oxygens (including phenoxy) is 2. The molecule has 3 aromatic heterocycles. The van der Waals surface area contributed by atoms with Crippen LogP contribution in [-0.4, -0.2) is 55.1 Å². The molecule has 0 spiro atoms. The van der Waals surface area contributed by atoms with E-state index in [-0.39, 0.29) is 27.8 Å². The molecular formula is C13H14N6O6S3. The molecule has 0 saturated carbocycles. The largest absolute Gasteiger partial charge is 0.481 e. The Labute approximate surface area is 167 Å². The van der Waals surface area contributed by atoms with E-state index < -0.39 is 16.1 Å². The van der Waals surface area contributed by atoms with Crippen molar-refractivity contribution in [3.8, 4) is 11.8 Å². The van der Waals surface area contributed by atoms with E-state index in [1.807, 2.05) is 4.72 Å². The van der Waals surface area contributed by atoms with E-state index in [0.29, 0.717) is 4.96 Å². The highest BCUT2D eigenvalue weighted by Gasteiger charge is 2.28. The van der Waals surface area contributed by atoms with Gasteiger partial charge in [0, 0.05) is 11.6 Å². The summed E-state index contributed by atoms with van der Waals surface area (Å²) in [6, 6.07) is 0.321. The summed E-state index contributed by atoms with van der Waals surface area (Å²) in [5.74, 6) is 0.0449. The van der Waals surface area contributed by atoms with Crippen LogP contribution in [0.2, 0.25) is 0 Å². The molecule has 15 heteroatoms. The second-order valence-corrected chi connectivity index (χ2v) is 8.22. The monoisotopic (exact) mass is 446 g/mol. The summed E-state index contributed by atoms with van der Waals surface area (Å²) >= 11 is 2.00. The third-order valence-corrected chi connectivity index (χ3v) is 6.00. The van der Waals surface area contributed by atoms with E-state index in [1.165, 1.54) is 49.3 Å². The molecule has 0 unspecified atom stereocenters. The number of sulfonamides is 1. The normalized spacial score (nSPS) is 11.4. The molecule has 0 bridgehead atoms. The highest BCUT2D eigenvalue weighted by atomic mass is 32.2. The van der Waals surface area contributed by atoms with Crippen LogP contribution in [0.4, 0.5) is 10.7 Å². The molecule has 0 atom stereocenters. The minimum atomic E-state index is -4.29. The Morgan fingerprint density at radius 3 is 2.46 bits per heavy atom. The van der Waals surface area contributed by atoms with Gasteiger partial charge in [0.15, 0.2) is 15.0 Å². The maximum atomic E-state index is 12.8. The van der Waals surface area contributed by atoms with Gasteiger partial charge in [0.05, 0.1) is 39.4 Å². The molecule has 0 saturated heterocycles. The van der Waals surface area contributed by atoms with Crippen molar-refractivity contribution in [1.29, 1.82) is 0 Å². The molecule has 3 rings (SSSR count). The molecule has 3 aromatic rings. The fraction of sp³-hybridized carbons (Fsp3) is 0.231. The number of imidazole rings is 1. The molecule has 150 valence electrons. The Hall–Kier alpha value is -2.62. The van der Waals surface area contributed by atoms with Crippen molar-refractivity contribution < 1.29 is 26.9 Å². The van der Waals surface area contributed by atoms with Crippen LogP contribution in [0, 0.1) is 0 Å².